The van der Waals surface area contributed by atoms with Crippen LogP contribution >= 0.6 is 15.9 Å². The molecule has 0 bridgehead atoms. The van der Waals surface area contributed by atoms with Crippen LogP contribution in [0.2, 0.25) is 0 Å². The zero-order chi connectivity index (χ0) is 16.8. The number of benzene rings is 2. The number of nitrogens with one attached hydrogen (secondary N) is 1. The van der Waals surface area contributed by atoms with Gasteiger partial charge in [0, 0.05) is 28.6 Å². The number of carbonyl (C=O) groups excluding carboxylic acids is 2. The zero-order valence-electron chi connectivity index (χ0n) is 13.1. The maximum Gasteiger partial charge on any atom is 0.224 e. The SMILES string of the molecule is COc1cccc(C(=O)CCC(=O)Nc2ccc(Br)c(C)c2)c1. The Morgan fingerprint density at radius 3 is 2.61 bits per heavy atom. The first kappa shape index (κ1) is 17.2. The number of hydrogen-bond donors (Lipinski definition) is 1. The quantitative estimate of drug-likeness (QED) is 0.762. The van der Waals surface area contributed by atoms with Gasteiger partial charge >= 0.3 is 0 Å². The zero-order valence-corrected chi connectivity index (χ0v) is 14.6. The molecule has 0 saturated heterocycles. The molecule has 0 spiro atoms. The summed E-state index contributed by atoms with van der Waals surface area (Å²) in [5.41, 5.74) is 2.32. The fourth-order valence-electron chi connectivity index (χ4n) is 2.11. The van der Waals surface area contributed by atoms with Gasteiger partial charge in [-0.05, 0) is 42.8 Å². The number of Topliss-reactive ketones (excluding diaryl/α,β-unsaturated/α-hetero) is 1. The van der Waals surface area contributed by atoms with E-state index >= 15 is 0 Å². The van der Waals surface area contributed by atoms with E-state index < -0.39 is 0 Å². The highest BCUT2D eigenvalue weighted by molar-refractivity contribution is 9.10. The van der Waals surface area contributed by atoms with Gasteiger partial charge < -0.3 is 10.1 Å². The Morgan fingerprint density at radius 1 is 1.13 bits per heavy atom. The minimum absolute atomic E-state index is 0.0777. The van der Waals surface area contributed by atoms with E-state index in [-0.39, 0.29) is 24.5 Å². The predicted molar refractivity (Wildman–Crippen MR) is 94.1 cm³/mol. The van der Waals surface area contributed by atoms with Crippen LogP contribution in [0.3, 0.4) is 0 Å². The molecule has 0 fully saturated rings. The number of methoxy groups -OCH3 is 1. The first-order valence-electron chi connectivity index (χ1n) is 7.23. The van der Waals surface area contributed by atoms with Crippen LogP contribution in [0.15, 0.2) is 46.9 Å². The van der Waals surface area contributed by atoms with Gasteiger partial charge in [-0.15, -0.1) is 0 Å². The Kier molecular flexibility index (Phi) is 5.93. The molecule has 0 unspecified atom stereocenters. The van der Waals surface area contributed by atoms with Gasteiger partial charge in [0.05, 0.1) is 7.11 Å². The van der Waals surface area contributed by atoms with Gasteiger partial charge in [0.1, 0.15) is 5.75 Å². The number of aryl methyl sites for hydroxylation is 1. The van der Waals surface area contributed by atoms with Crippen LogP contribution in [0.25, 0.3) is 0 Å². The van der Waals surface area contributed by atoms with E-state index in [0.29, 0.717) is 11.3 Å². The van der Waals surface area contributed by atoms with E-state index in [1.807, 2.05) is 25.1 Å². The van der Waals surface area contributed by atoms with Crippen molar-refractivity contribution >= 4 is 33.3 Å². The molecule has 1 amide bonds. The second-order valence-electron chi connectivity index (χ2n) is 5.17. The molecule has 0 heterocycles. The number of hydrogen-bond acceptors (Lipinski definition) is 3. The van der Waals surface area contributed by atoms with Crippen LogP contribution in [-0.2, 0) is 4.79 Å². The molecule has 2 rings (SSSR count). The lowest BCUT2D eigenvalue weighted by Gasteiger charge is -2.07. The van der Waals surface area contributed by atoms with Gasteiger partial charge in [0.15, 0.2) is 5.78 Å². The van der Waals surface area contributed by atoms with E-state index in [0.717, 1.165) is 15.7 Å². The number of halogens is 1. The standard InChI is InChI=1S/C18H18BrNO3/c1-12-10-14(6-7-16(12)19)20-18(22)9-8-17(21)13-4-3-5-15(11-13)23-2/h3-7,10-11H,8-9H2,1-2H3,(H,20,22). The average molecular weight is 376 g/mol. The average Bonchev–Trinajstić information content (AvgIpc) is 2.56. The summed E-state index contributed by atoms with van der Waals surface area (Å²) in [6.45, 7) is 1.95. The van der Waals surface area contributed by atoms with Crippen molar-refractivity contribution in [3.63, 3.8) is 0 Å². The third-order valence-electron chi connectivity index (χ3n) is 3.41. The van der Waals surface area contributed by atoms with Crippen LogP contribution in [0.1, 0.15) is 28.8 Å². The Hall–Kier alpha value is -2.14. The van der Waals surface area contributed by atoms with E-state index in [1.54, 1.807) is 31.4 Å². The van der Waals surface area contributed by atoms with Crippen molar-refractivity contribution in [2.45, 2.75) is 19.8 Å². The van der Waals surface area contributed by atoms with E-state index in [9.17, 15) is 9.59 Å². The summed E-state index contributed by atoms with van der Waals surface area (Å²) in [6, 6.07) is 12.5. The van der Waals surface area contributed by atoms with Crippen LogP contribution in [-0.4, -0.2) is 18.8 Å². The monoisotopic (exact) mass is 375 g/mol. The minimum Gasteiger partial charge on any atom is -0.497 e. The molecule has 0 aliphatic heterocycles. The van der Waals surface area contributed by atoms with Crippen molar-refractivity contribution < 1.29 is 14.3 Å². The van der Waals surface area contributed by atoms with Crippen molar-refractivity contribution in [1.82, 2.24) is 0 Å². The van der Waals surface area contributed by atoms with Gasteiger partial charge in [-0.2, -0.15) is 0 Å². The smallest absolute Gasteiger partial charge is 0.224 e. The second-order valence-corrected chi connectivity index (χ2v) is 6.02. The van der Waals surface area contributed by atoms with E-state index in [1.165, 1.54) is 0 Å². The number of anilines is 1. The van der Waals surface area contributed by atoms with Crippen LogP contribution < -0.4 is 10.1 Å². The molecule has 2 aromatic carbocycles. The first-order chi connectivity index (χ1) is 11.0. The molecule has 23 heavy (non-hydrogen) atoms. The Bertz CT molecular complexity index is 728. The molecule has 0 radical (unpaired) electrons. The molecule has 120 valence electrons. The molecule has 0 aromatic heterocycles. The Morgan fingerprint density at radius 2 is 1.91 bits per heavy atom. The molecule has 1 N–H and O–H groups in total. The first-order valence-corrected chi connectivity index (χ1v) is 8.02. The molecular weight excluding hydrogens is 358 g/mol. The highest BCUT2D eigenvalue weighted by atomic mass is 79.9. The van der Waals surface area contributed by atoms with E-state index in [4.69, 9.17) is 4.74 Å². The molecule has 0 aliphatic rings. The summed E-state index contributed by atoms with van der Waals surface area (Å²) in [7, 11) is 1.55. The summed E-state index contributed by atoms with van der Waals surface area (Å²) < 4.78 is 6.08. The number of carbonyl (C=O) groups is 2. The lowest BCUT2D eigenvalue weighted by atomic mass is 10.1. The highest BCUT2D eigenvalue weighted by Crippen LogP contribution is 2.20. The third kappa shape index (κ3) is 4.93. The van der Waals surface area contributed by atoms with Crippen LogP contribution in [0, 0.1) is 6.92 Å². The molecule has 0 aliphatic carbocycles. The van der Waals surface area contributed by atoms with Crippen molar-refractivity contribution in [2.75, 3.05) is 12.4 Å². The number of amides is 1. The highest BCUT2D eigenvalue weighted by Gasteiger charge is 2.10. The summed E-state index contributed by atoms with van der Waals surface area (Å²) in [5, 5.41) is 2.80. The normalized spacial score (nSPS) is 10.2. The van der Waals surface area contributed by atoms with Crippen molar-refractivity contribution in [2.24, 2.45) is 0 Å². The van der Waals surface area contributed by atoms with Crippen LogP contribution in [0.5, 0.6) is 5.75 Å². The Labute approximate surface area is 144 Å². The summed E-state index contributed by atoms with van der Waals surface area (Å²) in [5.74, 6) is 0.375. The predicted octanol–water partition coefficient (Wildman–Crippen LogP) is 4.37. The number of ketones is 1. The third-order valence-corrected chi connectivity index (χ3v) is 4.30. The largest absolute Gasteiger partial charge is 0.497 e. The van der Waals surface area contributed by atoms with Crippen LogP contribution in [0.4, 0.5) is 5.69 Å². The fourth-order valence-corrected chi connectivity index (χ4v) is 2.36. The maximum atomic E-state index is 12.1. The number of rotatable bonds is 6. The van der Waals surface area contributed by atoms with Crippen molar-refractivity contribution in [1.29, 1.82) is 0 Å². The lowest BCUT2D eigenvalue weighted by Crippen LogP contribution is -2.13. The van der Waals surface area contributed by atoms with Gasteiger partial charge in [-0.1, -0.05) is 28.1 Å². The van der Waals surface area contributed by atoms with Crippen molar-refractivity contribution in [3.05, 3.63) is 58.1 Å². The Balaban J connectivity index is 1.90. The summed E-state index contributed by atoms with van der Waals surface area (Å²) >= 11 is 3.42. The summed E-state index contributed by atoms with van der Waals surface area (Å²) in [6.07, 6.45) is 0.305. The molecule has 0 saturated carbocycles. The maximum absolute atomic E-state index is 12.1. The molecule has 2 aromatic rings. The summed E-state index contributed by atoms with van der Waals surface area (Å²) in [4.78, 5) is 24.1. The molecule has 5 heteroatoms. The number of ether oxygens (including phenoxy) is 1. The van der Waals surface area contributed by atoms with E-state index in [2.05, 4.69) is 21.2 Å². The van der Waals surface area contributed by atoms with Gasteiger partial charge in [0.2, 0.25) is 5.91 Å². The van der Waals surface area contributed by atoms with Gasteiger partial charge in [0.25, 0.3) is 0 Å². The lowest BCUT2D eigenvalue weighted by molar-refractivity contribution is -0.116. The second kappa shape index (κ2) is 7.92. The molecular formula is C18H18BrNO3. The fraction of sp³-hybridized carbons (Fsp3) is 0.222. The van der Waals surface area contributed by atoms with Gasteiger partial charge in [-0.25, -0.2) is 0 Å². The van der Waals surface area contributed by atoms with Crippen molar-refractivity contribution in [3.8, 4) is 5.75 Å². The topological polar surface area (TPSA) is 55.4 Å². The molecule has 0 atom stereocenters. The minimum atomic E-state index is -0.178. The van der Waals surface area contributed by atoms with Gasteiger partial charge in [-0.3, -0.25) is 9.59 Å². The molecule has 4 nitrogen and oxygen atoms in total.